The quantitative estimate of drug-likeness (QED) is 0.664. The summed E-state index contributed by atoms with van der Waals surface area (Å²) in [5, 5.41) is 8.87. The number of aliphatic hydroxyl groups is 1. The van der Waals surface area contributed by atoms with Crippen LogP contribution in [0.15, 0.2) is 17.6 Å². The van der Waals surface area contributed by atoms with Gasteiger partial charge in [-0.1, -0.05) is 13.8 Å². The minimum Gasteiger partial charge on any atom is -0.396 e. The highest BCUT2D eigenvalue weighted by atomic mass is 32.2. The zero-order valence-corrected chi connectivity index (χ0v) is 10.2. The molecule has 1 rings (SSSR count). The smallest absolute Gasteiger partial charge is 0.257 e. The Morgan fingerprint density at radius 2 is 2.25 bits per heavy atom. The Labute approximate surface area is 95.2 Å². The van der Waals surface area contributed by atoms with Crippen LogP contribution in [0.2, 0.25) is 0 Å². The summed E-state index contributed by atoms with van der Waals surface area (Å²) in [5.41, 5.74) is -0.276. The molecule has 7 heteroatoms. The molecule has 1 aromatic heterocycles. The first-order valence-corrected chi connectivity index (χ1v) is 6.45. The zero-order chi connectivity index (χ0) is 12.2. The number of nitrogens with one attached hydrogen (secondary N) is 2. The molecule has 0 saturated heterocycles. The fourth-order valence-corrected chi connectivity index (χ4v) is 2.29. The van der Waals surface area contributed by atoms with E-state index < -0.39 is 10.0 Å². The monoisotopic (exact) mass is 247 g/mol. The third kappa shape index (κ3) is 3.58. The van der Waals surface area contributed by atoms with Gasteiger partial charge in [-0.05, 0) is 11.8 Å². The topological polar surface area (TPSA) is 95.1 Å². The molecule has 0 saturated carbocycles. The Hall–Kier alpha value is -0.920. The molecule has 0 aliphatic rings. The third-order valence-corrected chi connectivity index (χ3v) is 3.62. The van der Waals surface area contributed by atoms with Gasteiger partial charge in [0.2, 0.25) is 0 Å². The lowest BCUT2D eigenvalue weighted by molar-refractivity contribution is 0.213. The molecule has 0 amide bonds. The maximum atomic E-state index is 11.7. The second-order valence-electron chi connectivity index (χ2n) is 4.38. The number of aliphatic hydroxyl groups excluding tert-OH is 1. The summed E-state index contributed by atoms with van der Waals surface area (Å²) in [4.78, 5) is 6.19. The predicted molar refractivity (Wildman–Crippen MR) is 59.3 cm³/mol. The van der Waals surface area contributed by atoms with Crippen molar-refractivity contribution in [1.29, 1.82) is 0 Å². The van der Waals surface area contributed by atoms with Crippen molar-refractivity contribution < 1.29 is 13.5 Å². The van der Waals surface area contributed by atoms with Gasteiger partial charge < -0.3 is 10.1 Å². The van der Waals surface area contributed by atoms with Crippen molar-refractivity contribution in [2.75, 3.05) is 13.2 Å². The molecule has 0 aliphatic heterocycles. The summed E-state index contributed by atoms with van der Waals surface area (Å²) >= 11 is 0. The Kier molecular flexibility index (Phi) is 4.06. The number of hydrogen-bond donors (Lipinski definition) is 3. The van der Waals surface area contributed by atoms with Gasteiger partial charge in [-0.25, -0.2) is 18.1 Å². The second-order valence-corrected chi connectivity index (χ2v) is 6.11. The van der Waals surface area contributed by atoms with Crippen LogP contribution in [-0.4, -0.2) is 36.6 Å². The highest BCUT2D eigenvalue weighted by Gasteiger charge is 2.22. The number of sulfonamides is 1. The molecule has 0 fully saturated rings. The summed E-state index contributed by atoms with van der Waals surface area (Å²) in [6.07, 6.45) is 3.10. The van der Waals surface area contributed by atoms with Crippen LogP contribution in [-0.2, 0) is 10.0 Å². The van der Waals surface area contributed by atoms with Gasteiger partial charge in [0.15, 0.2) is 5.03 Å². The van der Waals surface area contributed by atoms with Crippen LogP contribution in [0.1, 0.15) is 20.3 Å². The summed E-state index contributed by atoms with van der Waals surface area (Å²) in [6.45, 7) is 4.09. The molecule has 0 aromatic carbocycles. The van der Waals surface area contributed by atoms with Crippen molar-refractivity contribution in [1.82, 2.24) is 14.7 Å². The average molecular weight is 247 g/mol. The SMILES string of the molecule is CC(C)(CCO)CNS(=O)(=O)c1cnc[nH]1. The maximum absolute atomic E-state index is 11.7. The Balaban J connectivity index is 2.62. The molecule has 16 heavy (non-hydrogen) atoms. The minimum atomic E-state index is -3.52. The van der Waals surface area contributed by atoms with Crippen LogP contribution >= 0.6 is 0 Å². The molecule has 0 spiro atoms. The fourth-order valence-electron chi connectivity index (χ4n) is 1.15. The molecule has 0 aliphatic carbocycles. The van der Waals surface area contributed by atoms with Gasteiger partial charge in [0.1, 0.15) is 0 Å². The van der Waals surface area contributed by atoms with Crippen molar-refractivity contribution >= 4 is 10.0 Å². The molecular formula is C9H17N3O3S. The van der Waals surface area contributed by atoms with Gasteiger partial charge in [0.25, 0.3) is 10.0 Å². The number of H-pyrrole nitrogens is 1. The highest BCUT2D eigenvalue weighted by molar-refractivity contribution is 7.89. The summed E-state index contributed by atoms with van der Waals surface area (Å²) in [6, 6.07) is 0. The second kappa shape index (κ2) is 4.94. The van der Waals surface area contributed by atoms with Crippen molar-refractivity contribution in [3.8, 4) is 0 Å². The lowest BCUT2D eigenvalue weighted by Gasteiger charge is -2.23. The number of hydrogen-bond acceptors (Lipinski definition) is 4. The van der Waals surface area contributed by atoms with Crippen LogP contribution in [0.5, 0.6) is 0 Å². The normalized spacial score (nSPS) is 12.9. The van der Waals surface area contributed by atoms with Crippen LogP contribution in [0.25, 0.3) is 0 Å². The Morgan fingerprint density at radius 1 is 1.56 bits per heavy atom. The largest absolute Gasteiger partial charge is 0.396 e. The van der Waals surface area contributed by atoms with E-state index in [1.807, 2.05) is 13.8 Å². The minimum absolute atomic E-state index is 0.0405. The molecule has 0 atom stereocenters. The van der Waals surface area contributed by atoms with Crippen molar-refractivity contribution in [3.05, 3.63) is 12.5 Å². The van der Waals surface area contributed by atoms with Gasteiger partial charge >= 0.3 is 0 Å². The lowest BCUT2D eigenvalue weighted by Crippen LogP contribution is -2.34. The van der Waals surface area contributed by atoms with Gasteiger partial charge in [0.05, 0.1) is 12.5 Å². The van der Waals surface area contributed by atoms with E-state index in [1.165, 1.54) is 12.5 Å². The molecule has 6 nitrogen and oxygen atoms in total. The van der Waals surface area contributed by atoms with Crippen LogP contribution in [0.4, 0.5) is 0 Å². The van der Waals surface area contributed by atoms with Crippen LogP contribution in [0.3, 0.4) is 0 Å². The van der Waals surface area contributed by atoms with Crippen molar-refractivity contribution in [3.63, 3.8) is 0 Å². The lowest BCUT2D eigenvalue weighted by atomic mass is 9.90. The van der Waals surface area contributed by atoms with Crippen molar-refractivity contribution in [2.45, 2.75) is 25.3 Å². The standard InChI is InChI=1S/C9H17N3O3S/c1-9(2,3-4-13)6-12-16(14,15)8-5-10-7-11-8/h5,7,12-13H,3-4,6H2,1-2H3,(H,10,11). The van der Waals surface area contributed by atoms with Gasteiger partial charge in [-0.2, -0.15) is 0 Å². The van der Waals surface area contributed by atoms with Crippen molar-refractivity contribution in [2.24, 2.45) is 5.41 Å². The molecule has 92 valence electrons. The molecule has 3 N–H and O–H groups in total. The zero-order valence-electron chi connectivity index (χ0n) is 9.40. The van der Waals surface area contributed by atoms with Gasteiger partial charge in [-0.3, -0.25) is 0 Å². The van der Waals surface area contributed by atoms with E-state index in [4.69, 9.17) is 5.11 Å². The first kappa shape index (κ1) is 13.1. The highest BCUT2D eigenvalue weighted by Crippen LogP contribution is 2.19. The number of aromatic amines is 1. The number of rotatable bonds is 6. The Morgan fingerprint density at radius 3 is 2.75 bits per heavy atom. The summed E-state index contributed by atoms with van der Waals surface area (Å²) in [5.74, 6) is 0. The third-order valence-electron chi connectivity index (χ3n) is 2.29. The molecule has 0 radical (unpaired) electrons. The number of nitrogens with zero attached hydrogens (tertiary/aromatic N) is 1. The number of imidazole rings is 1. The van der Waals surface area contributed by atoms with E-state index in [9.17, 15) is 8.42 Å². The molecular weight excluding hydrogens is 230 g/mol. The van der Waals surface area contributed by atoms with E-state index in [0.29, 0.717) is 6.42 Å². The van der Waals surface area contributed by atoms with E-state index in [-0.39, 0.29) is 23.6 Å². The van der Waals surface area contributed by atoms with Gasteiger partial charge in [-0.15, -0.1) is 0 Å². The van der Waals surface area contributed by atoms with Crippen LogP contribution < -0.4 is 4.72 Å². The molecule has 0 bridgehead atoms. The fraction of sp³-hybridized carbons (Fsp3) is 0.667. The van der Waals surface area contributed by atoms with Gasteiger partial charge in [0, 0.05) is 13.2 Å². The maximum Gasteiger partial charge on any atom is 0.257 e. The summed E-state index contributed by atoms with van der Waals surface area (Å²) in [7, 11) is -3.52. The van der Waals surface area contributed by atoms with E-state index in [1.54, 1.807) is 0 Å². The first-order valence-electron chi connectivity index (χ1n) is 4.96. The molecule has 1 heterocycles. The predicted octanol–water partition coefficient (Wildman–Crippen LogP) is 0.0966. The summed E-state index contributed by atoms with van der Waals surface area (Å²) < 4.78 is 25.9. The Bertz CT molecular complexity index is 411. The molecule has 1 aromatic rings. The van der Waals surface area contributed by atoms with E-state index in [0.717, 1.165) is 0 Å². The van der Waals surface area contributed by atoms with E-state index in [2.05, 4.69) is 14.7 Å². The van der Waals surface area contributed by atoms with Crippen LogP contribution in [0, 0.1) is 5.41 Å². The number of aromatic nitrogens is 2. The van der Waals surface area contributed by atoms with E-state index >= 15 is 0 Å². The first-order chi connectivity index (χ1) is 7.37. The average Bonchev–Trinajstić information content (AvgIpc) is 2.68. The molecule has 0 unspecified atom stereocenters.